The van der Waals surface area contributed by atoms with E-state index in [0.29, 0.717) is 6.04 Å². The van der Waals surface area contributed by atoms with Crippen molar-refractivity contribution in [1.82, 2.24) is 5.32 Å². The van der Waals surface area contributed by atoms with E-state index in [-0.39, 0.29) is 11.0 Å². The zero-order valence-electron chi connectivity index (χ0n) is 9.94. The molecule has 1 saturated carbocycles. The summed E-state index contributed by atoms with van der Waals surface area (Å²) in [5.41, 5.74) is 0. The van der Waals surface area contributed by atoms with E-state index < -0.39 is 22.8 Å². The molecule has 2 N–H and O–H groups in total. The second-order valence-electron chi connectivity index (χ2n) is 4.64. The van der Waals surface area contributed by atoms with Crippen molar-refractivity contribution in [1.29, 1.82) is 0 Å². The average Bonchev–Trinajstić information content (AvgIpc) is 2.68. The number of carbonyl (C=O) groups is 1. The van der Waals surface area contributed by atoms with E-state index in [4.69, 9.17) is 5.11 Å². The maximum absolute atomic E-state index is 11.6. The number of carboxylic acid groups (broad SMARTS) is 1. The van der Waals surface area contributed by atoms with Crippen molar-refractivity contribution in [2.75, 3.05) is 5.75 Å². The van der Waals surface area contributed by atoms with Gasteiger partial charge in [0.2, 0.25) is 0 Å². The van der Waals surface area contributed by atoms with Gasteiger partial charge in [-0.1, -0.05) is 26.7 Å². The Hall–Kier alpha value is -0.420. The smallest absolute Gasteiger partial charge is 0.321 e. The molecule has 0 aromatic carbocycles. The van der Waals surface area contributed by atoms with Crippen molar-refractivity contribution in [2.45, 2.75) is 56.9 Å². The van der Waals surface area contributed by atoms with E-state index in [0.717, 1.165) is 25.7 Å². The highest BCUT2D eigenvalue weighted by Gasteiger charge is 2.26. The second-order valence-corrected chi connectivity index (χ2v) is 6.67. The van der Waals surface area contributed by atoms with Gasteiger partial charge in [0.05, 0.1) is 0 Å². The van der Waals surface area contributed by atoms with Crippen molar-refractivity contribution in [3.05, 3.63) is 0 Å². The van der Waals surface area contributed by atoms with Crippen molar-refractivity contribution in [3.63, 3.8) is 0 Å². The van der Waals surface area contributed by atoms with Crippen LogP contribution >= 0.6 is 0 Å². The Morgan fingerprint density at radius 1 is 1.44 bits per heavy atom. The lowest BCUT2D eigenvalue weighted by atomic mass is 10.2. The van der Waals surface area contributed by atoms with Crippen LogP contribution in [-0.4, -0.2) is 38.4 Å². The van der Waals surface area contributed by atoms with Crippen LogP contribution in [0.3, 0.4) is 0 Å². The molecule has 5 heteroatoms. The molecule has 0 amide bonds. The largest absolute Gasteiger partial charge is 0.480 e. The first kappa shape index (κ1) is 13.6. The Balaban J connectivity index is 2.47. The maximum atomic E-state index is 11.6. The molecule has 0 heterocycles. The summed E-state index contributed by atoms with van der Waals surface area (Å²) in [7, 11) is -1.07. The fourth-order valence-electron chi connectivity index (χ4n) is 1.92. The molecule has 1 aliphatic rings. The fourth-order valence-corrected chi connectivity index (χ4v) is 2.88. The molecule has 1 rings (SSSR count). The molecule has 0 spiro atoms. The third-order valence-corrected chi connectivity index (χ3v) is 4.66. The molecule has 0 saturated heterocycles. The summed E-state index contributed by atoms with van der Waals surface area (Å²) in [5, 5.41) is 12.2. The second kappa shape index (κ2) is 6.35. The van der Waals surface area contributed by atoms with Gasteiger partial charge in [0.25, 0.3) is 0 Å². The average molecular weight is 247 g/mol. The fraction of sp³-hybridized carbons (Fsp3) is 0.909. The van der Waals surface area contributed by atoms with Gasteiger partial charge in [-0.05, 0) is 12.8 Å². The summed E-state index contributed by atoms with van der Waals surface area (Å²) in [5.74, 6) is -0.676. The van der Waals surface area contributed by atoms with Crippen LogP contribution in [0.15, 0.2) is 0 Å². The van der Waals surface area contributed by atoms with E-state index in [2.05, 4.69) is 5.32 Å². The standard InChI is InChI=1S/C11H21NO3S/c1-8(2)16(15)7-10(11(13)14)12-9-5-3-4-6-9/h8-10,12H,3-7H2,1-2H3,(H,13,14)/t10-,16?/m0/s1. The summed E-state index contributed by atoms with van der Waals surface area (Å²) >= 11 is 0. The number of hydrogen-bond donors (Lipinski definition) is 2. The molecule has 0 aromatic heterocycles. The minimum Gasteiger partial charge on any atom is -0.480 e. The van der Waals surface area contributed by atoms with Gasteiger partial charge in [0.1, 0.15) is 6.04 Å². The molecular formula is C11H21NO3S. The SMILES string of the molecule is CC(C)S(=O)C[C@H](NC1CCCC1)C(=O)O. The molecule has 0 aromatic rings. The van der Waals surface area contributed by atoms with Crippen molar-refractivity contribution < 1.29 is 14.1 Å². The van der Waals surface area contributed by atoms with Crippen LogP contribution in [0.25, 0.3) is 0 Å². The van der Waals surface area contributed by atoms with Gasteiger partial charge >= 0.3 is 5.97 Å². The van der Waals surface area contributed by atoms with Crippen molar-refractivity contribution in [3.8, 4) is 0 Å². The Morgan fingerprint density at radius 2 is 2.00 bits per heavy atom. The quantitative estimate of drug-likeness (QED) is 0.738. The van der Waals surface area contributed by atoms with Crippen LogP contribution in [0.4, 0.5) is 0 Å². The summed E-state index contributed by atoms with van der Waals surface area (Å²) in [6, 6.07) is -0.364. The minimum absolute atomic E-state index is 0.0206. The predicted octanol–water partition coefficient (Wildman–Crippen LogP) is 1.13. The molecule has 4 nitrogen and oxygen atoms in total. The van der Waals surface area contributed by atoms with Crippen LogP contribution in [0, 0.1) is 0 Å². The minimum atomic E-state index is -1.07. The van der Waals surface area contributed by atoms with Gasteiger partial charge in [-0.2, -0.15) is 0 Å². The lowest BCUT2D eigenvalue weighted by Crippen LogP contribution is -2.46. The molecule has 16 heavy (non-hydrogen) atoms. The number of rotatable bonds is 6. The summed E-state index contributed by atoms with van der Waals surface area (Å²) < 4.78 is 11.6. The lowest BCUT2D eigenvalue weighted by Gasteiger charge is -2.19. The Kier molecular flexibility index (Phi) is 5.41. The first-order chi connectivity index (χ1) is 7.50. The Bertz CT molecular complexity index is 262. The van der Waals surface area contributed by atoms with E-state index in [9.17, 15) is 9.00 Å². The van der Waals surface area contributed by atoms with Gasteiger partial charge in [-0.25, -0.2) is 0 Å². The first-order valence-corrected chi connectivity index (χ1v) is 7.25. The summed E-state index contributed by atoms with van der Waals surface area (Å²) in [4.78, 5) is 11.0. The Labute approximate surface area is 99.3 Å². The van der Waals surface area contributed by atoms with Gasteiger partial charge < -0.3 is 10.4 Å². The molecule has 2 atom stereocenters. The highest BCUT2D eigenvalue weighted by Crippen LogP contribution is 2.18. The molecule has 0 aliphatic heterocycles. The third-order valence-electron chi connectivity index (χ3n) is 2.95. The number of aliphatic carboxylic acids is 1. The normalized spacial score (nSPS) is 21.2. The zero-order valence-corrected chi connectivity index (χ0v) is 10.8. The van der Waals surface area contributed by atoms with Crippen LogP contribution in [0.2, 0.25) is 0 Å². The highest BCUT2D eigenvalue weighted by molar-refractivity contribution is 7.85. The van der Waals surface area contributed by atoms with Crippen LogP contribution in [0.5, 0.6) is 0 Å². The first-order valence-electron chi connectivity index (χ1n) is 5.86. The predicted molar refractivity (Wildman–Crippen MR) is 65.0 cm³/mol. The van der Waals surface area contributed by atoms with E-state index in [1.165, 1.54) is 0 Å². The zero-order chi connectivity index (χ0) is 12.1. The maximum Gasteiger partial charge on any atom is 0.321 e. The van der Waals surface area contributed by atoms with Crippen LogP contribution < -0.4 is 5.32 Å². The Morgan fingerprint density at radius 3 is 2.44 bits per heavy atom. The van der Waals surface area contributed by atoms with E-state index in [1.807, 2.05) is 13.8 Å². The summed E-state index contributed by atoms with van der Waals surface area (Å²) in [6.45, 7) is 3.70. The molecular weight excluding hydrogens is 226 g/mol. The highest BCUT2D eigenvalue weighted by atomic mass is 32.2. The molecule has 0 radical (unpaired) electrons. The number of hydrogen-bond acceptors (Lipinski definition) is 3. The van der Waals surface area contributed by atoms with Crippen molar-refractivity contribution >= 4 is 16.8 Å². The van der Waals surface area contributed by atoms with Gasteiger partial charge in [0.15, 0.2) is 0 Å². The summed E-state index contributed by atoms with van der Waals surface area (Å²) in [6.07, 6.45) is 4.41. The van der Waals surface area contributed by atoms with Crippen molar-refractivity contribution in [2.24, 2.45) is 0 Å². The molecule has 1 unspecified atom stereocenters. The van der Waals surface area contributed by atoms with Gasteiger partial charge in [-0.15, -0.1) is 0 Å². The van der Waals surface area contributed by atoms with Crippen LogP contribution in [0.1, 0.15) is 39.5 Å². The van der Waals surface area contributed by atoms with E-state index in [1.54, 1.807) is 0 Å². The monoisotopic (exact) mass is 247 g/mol. The lowest BCUT2D eigenvalue weighted by molar-refractivity contribution is -0.139. The van der Waals surface area contributed by atoms with Gasteiger partial charge in [-0.3, -0.25) is 9.00 Å². The molecule has 0 bridgehead atoms. The third kappa shape index (κ3) is 4.22. The van der Waals surface area contributed by atoms with Crippen LogP contribution in [-0.2, 0) is 15.6 Å². The van der Waals surface area contributed by atoms with Gasteiger partial charge in [0, 0.05) is 27.8 Å². The molecule has 94 valence electrons. The number of nitrogens with one attached hydrogen (secondary N) is 1. The molecule has 1 fully saturated rings. The topological polar surface area (TPSA) is 66.4 Å². The number of carboxylic acids is 1. The van der Waals surface area contributed by atoms with E-state index >= 15 is 0 Å². The molecule has 1 aliphatic carbocycles.